The number of nitrogens with zero attached hydrogens (tertiary/aromatic N) is 6. The molecule has 3 aromatic heterocycles. The van der Waals surface area contributed by atoms with E-state index in [4.69, 9.17) is 5.73 Å². The third-order valence-electron chi connectivity index (χ3n) is 8.32. The van der Waals surface area contributed by atoms with Crippen LogP contribution >= 0.6 is 0 Å². The number of benzene rings is 1. The number of hydrogen-bond donors (Lipinski definition) is 1. The van der Waals surface area contributed by atoms with E-state index >= 15 is 0 Å². The van der Waals surface area contributed by atoms with Crippen molar-refractivity contribution >= 4 is 16.9 Å². The molecule has 2 fully saturated rings. The Morgan fingerprint density at radius 2 is 2.00 bits per heavy atom. The first-order valence-corrected chi connectivity index (χ1v) is 13.3. The van der Waals surface area contributed by atoms with Crippen molar-refractivity contribution in [3.05, 3.63) is 71.6 Å². The highest BCUT2D eigenvalue weighted by atomic mass is 16.1. The zero-order valence-corrected chi connectivity index (χ0v) is 21.9. The molecule has 1 aromatic carbocycles. The number of carbonyl (C=O) groups excluding carboxylic acids is 1. The molecule has 1 amide bonds. The number of piperidine rings is 1. The molecule has 4 aromatic rings. The van der Waals surface area contributed by atoms with E-state index in [2.05, 4.69) is 73.5 Å². The van der Waals surface area contributed by atoms with Gasteiger partial charge in [-0.05, 0) is 79.5 Å². The third kappa shape index (κ3) is 4.13. The van der Waals surface area contributed by atoms with Gasteiger partial charge in [0.15, 0.2) is 0 Å². The van der Waals surface area contributed by atoms with Crippen molar-refractivity contribution in [2.75, 3.05) is 13.1 Å². The van der Waals surface area contributed by atoms with Crippen LogP contribution in [-0.4, -0.2) is 48.2 Å². The van der Waals surface area contributed by atoms with Crippen LogP contribution in [0.3, 0.4) is 0 Å². The highest BCUT2D eigenvalue weighted by molar-refractivity contribution is 5.94. The number of nitrogens with two attached hydrogens (primary N) is 1. The van der Waals surface area contributed by atoms with Gasteiger partial charge in [-0.2, -0.15) is 0 Å². The van der Waals surface area contributed by atoms with Gasteiger partial charge in [0.05, 0.1) is 16.4 Å². The second-order valence-corrected chi connectivity index (χ2v) is 11.3. The van der Waals surface area contributed by atoms with Gasteiger partial charge in [0.2, 0.25) is 0 Å². The molecule has 0 radical (unpaired) electrons. The first-order valence-electron chi connectivity index (χ1n) is 13.3. The van der Waals surface area contributed by atoms with Crippen LogP contribution in [0.25, 0.3) is 16.7 Å². The number of carbonyl (C=O) groups is 1. The van der Waals surface area contributed by atoms with Crippen LogP contribution in [0.2, 0.25) is 0 Å². The van der Waals surface area contributed by atoms with E-state index in [1.165, 1.54) is 18.4 Å². The zero-order valence-electron chi connectivity index (χ0n) is 21.9. The number of fused-ring (bicyclic) bond motifs is 1. The van der Waals surface area contributed by atoms with Crippen molar-refractivity contribution in [1.29, 1.82) is 0 Å². The third-order valence-corrected chi connectivity index (χ3v) is 8.32. The Morgan fingerprint density at radius 1 is 1.16 bits per heavy atom. The molecule has 8 heteroatoms. The summed E-state index contributed by atoms with van der Waals surface area (Å²) >= 11 is 0. The molecule has 1 atom stereocenters. The van der Waals surface area contributed by atoms with Crippen LogP contribution in [0.1, 0.15) is 67.0 Å². The molecular formula is C29H35N7O. The topological polar surface area (TPSA) is 94.9 Å². The number of hydrogen-bond acceptors (Lipinski definition) is 5. The largest absolute Gasteiger partial charge is 0.364 e. The summed E-state index contributed by atoms with van der Waals surface area (Å²) in [5, 5.41) is 8.71. The standard InChI is InChI=1S/C29H35N7O/c1-19-6-5-10-35(16-19)17-21-12-25(27(30)37)32-24-9-11-36(26(21)24)23-8-4-7-22(13-23)29(14-20(2)15-29)28-33-31-18-34(28)3/h4,7-9,11-13,18-20H,5-6,10,14-17H2,1-3H3,(H2,30,37)/t19-,20?,29?/m0/s1. The van der Waals surface area contributed by atoms with Crippen LogP contribution in [-0.2, 0) is 19.0 Å². The molecule has 0 spiro atoms. The fourth-order valence-corrected chi connectivity index (χ4v) is 6.71. The number of likely N-dealkylation sites (tertiary alicyclic amines) is 1. The summed E-state index contributed by atoms with van der Waals surface area (Å²) in [5.74, 6) is 1.84. The Bertz CT molecular complexity index is 1460. The van der Waals surface area contributed by atoms with E-state index in [0.29, 0.717) is 17.5 Å². The average molecular weight is 498 g/mol. The number of amides is 1. The van der Waals surface area contributed by atoms with E-state index in [0.717, 1.165) is 60.6 Å². The molecule has 6 rings (SSSR count). The number of aromatic nitrogens is 5. The van der Waals surface area contributed by atoms with E-state index < -0.39 is 5.91 Å². The lowest BCUT2D eigenvalue weighted by molar-refractivity contribution is 0.0995. The van der Waals surface area contributed by atoms with Gasteiger partial charge in [0.1, 0.15) is 17.8 Å². The van der Waals surface area contributed by atoms with Gasteiger partial charge in [-0.1, -0.05) is 26.0 Å². The molecule has 37 heavy (non-hydrogen) atoms. The first kappa shape index (κ1) is 23.9. The summed E-state index contributed by atoms with van der Waals surface area (Å²) in [4.78, 5) is 19.2. The molecule has 1 aliphatic heterocycles. The summed E-state index contributed by atoms with van der Waals surface area (Å²) in [7, 11) is 2.03. The van der Waals surface area contributed by atoms with Crippen molar-refractivity contribution in [3.63, 3.8) is 0 Å². The zero-order chi connectivity index (χ0) is 25.7. The lowest BCUT2D eigenvalue weighted by Crippen LogP contribution is -2.43. The minimum atomic E-state index is -0.491. The second kappa shape index (κ2) is 9.10. The summed E-state index contributed by atoms with van der Waals surface area (Å²) in [6, 6.07) is 12.7. The maximum absolute atomic E-state index is 12.1. The molecular weight excluding hydrogens is 462 g/mol. The summed E-state index contributed by atoms with van der Waals surface area (Å²) in [6.07, 6.45) is 8.42. The number of aryl methyl sites for hydroxylation is 1. The lowest BCUT2D eigenvalue weighted by atomic mass is 9.58. The first-order chi connectivity index (χ1) is 17.8. The Hall–Kier alpha value is -3.52. The average Bonchev–Trinajstić information content (AvgIpc) is 3.48. The summed E-state index contributed by atoms with van der Waals surface area (Å²) in [6.45, 7) is 7.51. The molecule has 0 unspecified atom stereocenters. The molecule has 1 saturated heterocycles. The smallest absolute Gasteiger partial charge is 0.267 e. The molecule has 2 N–H and O–H groups in total. The fraction of sp³-hybridized carbons (Fsp3) is 0.448. The Labute approximate surface area is 217 Å². The van der Waals surface area contributed by atoms with Crippen molar-refractivity contribution in [2.45, 2.75) is 51.5 Å². The van der Waals surface area contributed by atoms with Gasteiger partial charge in [-0.15, -0.1) is 10.2 Å². The fourth-order valence-electron chi connectivity index (χ4n) is 6.71. The molecule has 1 aliphatic carbocycles. The van der Waals surface area contributed by atoms with Gasteiger partial charge in [0, 0.05) is 32.0 Å². The Morgan fingerprint density at radius 3 is 2.70 bits per heavy atom. The van der Waals surface area contributed by atoms with E-state index in [9.17, 15) is 4.79 Å². The Balaban J connectivity index is 1.45. The minimum Gasteiger partial charge on any atom is -0.364 e. The van der Waals surface area contributed by atoms with Gasteiger partial charge >= 0.3 is 0 Å². The Kier molecular flexibility index (Phi) is 5.87. The van der Waals surface area contributed by atoms with Crippen LogP contribution in [0.15, 0.2) is 48.9 Å². The quantitative estimate of drug-likeness (QED) is 0.431. The summed E-state index contributed by atoms with van der Waals surface area (Å²) in [5.41, 5.74) is 11.1. The maximum atomic E-state index is 12.1. The lowest BCUT2D eigenvalue weighted by Gasteiger charge is -2.46. The second-order valence-electron chi connectivity index (χ2n) is 11.3. The van der Waals surface area contributed by atoms with Crippen LogP contribution in [0.4, 0.5) is 0 Å². The van der Waals surface area contributed by atoms with Gasteiger partial charge in [-0.25, -0.2) is 4.98 Å². The predicted octanol–water partition coefficient (Wildman–Crippen LogP) is 4.20. The van der Waals surface area contributed by atoms with E-state index in [1.807, 2.05) is 19.2 Å². The normalized spacial score (nSPS) is 24.3. The van der Waals surface area contributed by atoms with Gasteiger partial charge < -0.3 is 14.9 Å². The van der Waals surface area contributed by atoms with Crippen molar-refractivity contribution in [2.24, 2.45) is 24.6 Å². The molecule has 1 saturated carbocycles. The van der Waals surface area contributed by atoms with Crippen molar-refractivity contribution < 1.29 is 4.79 Å². The van der Waals surface area contributed by atoms with E-state index in [1.54, 1.807) is 6.33 Å². The van der Waals surface area contributed by atoms with Crippen LogP contribution < -0.4 is 5.73 Å². The monoisotopic (exact) mass is 497 g/mol. The van der Waals surface area contributed by atoms with Crippen molar-refractivity contribution in [3.8, 4) is 5.69 Å². The van der Waals surface area contributed by atoms with Crippen molar-refractivity contribution in [1.82, 2.24) is 29.2 Å². The minimum absolute atomic E-state index is 0.131. The summed E-state index contributed by atoms with van der Waals surface area (Å²) < 4.78 is 4.27. The molecule has 192 valence electrons. The van der Waals surface area contributed by atoms with Gasteiger partial charge in [0.25, 0.3) is 5.91 Å². The van der Waals surface area contributed by atoms with Gasteiger partial charge in [-0.3, -0.25) is 9.69 Å². The number of primary amides is 1. The maximum Gasteiger partial charge on any atom is 0.267 e. The SMILES string of the molecule is CC1CC(c2cccc(-n3ccc4nc(C(N)=O)cc(CN5CCC[C@H](C)C5)c43)c2)(c2nncn2C)C1. The number of pyridine rings is 1. The van der Waals surface area contributed by atoms with Crippen LogP contribution in [0.5, 0.6) is 0 Å². The molecule has 2 aliphatic rings. The van der Waals surface area contributed by atoms with Crippen LogP contribution in [0, 0.1) is 11.8 Å². The predicted molar refractivity (Wildman–Crippen MR) is 143 cm³/mol. The molecule has 0 bridgehead atoms. The molecule has 8 nitrogen and oxygen atoms in total. The highest BCUT2D eigenvalue weighted by Crippen LogP contribution is 2.51. The van der Waals surface area contributed by atoms with E-state index in [-0.39, 0.29) is 5.41 Å². The number of rotatable bonds is 6. The highest BCUT2D eigenvalue weighted by Gasteiger charge is 2.48. The molecule has 4 heterocycles.